The zero-order valence-corrected chi connectivity index (χ0v) is 16.9. The van der Waals surface area contributed by atoms with Crippen LogP contribution in [0.25, 0.3) is 6.08 Å². The number of morpholine rings is 1. The van der Waals surface area contributed by atoms with Gasteiger partial charge in [-0.2, -0.15) is 5.26 Å². The first kappa shape index (κ1) is 20.1. The first-order chi connectivity index (χ1) is 14.6. The highest BCUT2D eigenvalue weighted by Gasteiger charge is 2.19. The lowest BCUT2D eigenvalue weighted by Gasteiger charge is -2.30. The minimum absolute atomic E-state index is 0.0282. The molecule has 30 heavy (non-hydrogen) atoms. The number of hydrogen-bond donors (Lipinski definition) is 1. The Balaban J connectivity index is 1.57. The van der Waals surface area contributed by atoms with E-state index in [0.717, 1.165) is 5.69 Å². The van der Waals surface area contributed by atoms with Gasteiger partial charge in [0.1, 0.15) is 24.9 Å². The van der Waals surface area contributed by atoms with E-state index < -0.39 is 5.91 Å². The quantitative estimate of drug-likeness (QED) is 0.596. The van der Waals surface area contributed by atoms with Gasteiger partial charge in [0.15, 0.2) is 11.5 Å². The molecule has 2 heterocycles. The number of carbonyl (C=O) groups excluding carboxylic acids is 1. The fourth-order valence-corrected chi connectivity index (χ4v) is 3.52. The van der Waals surface area contributed by atoms with Crippen molar-refractivity contribution < 1.29 is 19.0 Å². The van der Waals surface area contributed by atoms with Gasteiger partial charge < -0.3 is 24.4 Å². The van der Waals surface area contributed by atoms with Crippen LogP contribution in [-0.4, -0.2) is 45.4 Å². The topological polar surface area (TPSA) is 83.8 Å². The van der Waals surface area contributed by atoms with Crippen LogP contribution in [0.1, 0.15) is 5.56 Å². The molecule has 2 aromatic rings. The lowest BCUT2D eigenvalue weighted by Crippen LogP contribution is -2.36. The SMILES string of the molecule is N#C/C(=C\c1ccc2c(c1)OCCO2)C(=O)Nc1cc(Cl)ccc1N1CCOCC1. The molecule has 0 aromatic heterocycles. The van der Waals surface area contributed by atoms with Crippen molar-refractivity contribution in [2.45, 2.75) is 0 Å². The molecule has 0 atom stereocenters. The van der Waals surface area contributed by atoms with Crippen LogP contribution < -0.4 is 19.7 Å². The minimum atomic E-state index is -0.510. The number of nitrogens with one attached hydrogen (secondary N) is 1. The van der Waals surface area contributed by atoms with Crippen LogP contribution in [0.2, 0.25) is 5.02 Å². The van der Waals surface area contributed by atoms with Gasteiger partial charge in [0.25, 0.3) is 5.91 Å². The van der Waals surface area contributed by atoms with Gasteiger partial charge in [-0.25, -0.2) is 0 Å². The van der Waals surface area contributed by atoms with Crippen molar-refractivity contribution in [3.63, 3.8) is 0 Å². The molecule has 2 aromatic carbocycles. The van der Waals surface area contributed by atoms with Gasteiger partial charge >= 0.3 is 0 Å². The average Bonchev–Trinajstić information content (AvgIpc) is 2.78. The zero-order chi connectivity index (χ0) is 20.9. The highest BCUT2D eigenvalue weighted by molar-refractivity contribution is 6.31. The Labute approximate surface area is 179 Å². The molecule has 154 valence electrons. The number of nitriles is 1. The van der Waals surface area contributed by atoms with Crippen molar-refractivity contribution in [2.24, 2.45) is 0 Å². The minimum Gasteiger partial charge on any atom is -0.486 e. The van der Waals surface area contributed by atoms with Crippen LogP contribution in [0, 0.1) is 11.3 Å². The predicted octanol–water partition coefficient (Wildman–Crippen LogP) is 3.49. The first-order valence-electron chi connectivity index (χ1n) is 9.59. The molecule has 2 aliphatic rings. The van der Waals surface area contributed by atoms with E-state index in [1.54, 1.807) is 30.3 Å². The number of benzene rings is 2. The highest BCUT2D eigenvalue weighted by atomic mass is 35.5. The summed E-state index contributed by atoms with van der Waals surface area (Å²) in [6, 6.07) is 12.6. The molecule has 1 fully saturated rings. The van der Waals surface area contributed by atoms with Crippen LogP contribution in [0.15, 0.2) is 42.0 Å². The van der Waals surface area contributed by atoms with E-state index in [0.29, 0.717) is 67.3 Å². The van der Waals surface area contributed by atoms with E-state index in [9.17, 15) is 10.1 Å². The van der Waals surface area contributed by atoms with Gasteiger partial charge in [-0.1, -0.05) is 17.7 Å². The van der Waals surface area contributed by atoms with Crippen LogP contribution in [-0.2, 0) is 9.53 Å². The molecule has 0 bridgehead atoms. The molecule has 4 rings (SSSR count). The third-order valence-corrected chi connectivity index (χ3v) is 5.04. The lowest BCUT2D eigenvalue weighted by molar-refractivity contribution is -0.112. The van der Waals surface area contributed by atoms with E-state index >= 15 is 0 Å². The Morgan fingerprint density at radius 3 is 2.60 bits per heavy atom. The predicted molar refractivity (Wildman–Crippen MR) is 114 cm³/mol. The van der Waals surface area contributed by atoms with Crippen molar-refractivity contribution in [1.82, 2.24) is 0 Å². The number of anilines is 2. The standard InChI is InChI=1S/C22H20ClN3O4/c23-17-2-3-19(26-5-7-28-8-6-26)18(13-17)25-22(27)16(14-24)11-15-1-4-20-21(12-15)30-10-9-29-20/h1-4,11-13H,5-10H2,(H,25,27)/b16-11+. The molecule has 7 nitrogen and oxygen atoms in total. The molecule has 0 unspecified atom stereocenters. The third kappa shape index (κ3) is 4.51. The molecule has 8 heteroatoms. The van der Waals surface area contributed by atoms with E-state index in [4.69, 9.17) is 25.8 Å². The summed E-state index contributed by atoms with van der Waals surface area (Å²) in [5.41, 5.74) is 2.04. The maximum Gasteiger partial charge on any atom is 0.266 e. The zero-order valence-electron chi connectivity index (χ0n) is 16.2. The van der Waals surface area contributed by atoms with E-state index in [-0.39, 0.29) is 5.57 Å². The monoisotopic (exact) mass is 425 g/mol. The molecule has 0 radical (unpaired) electrons. The average molecular weight is 426 g/mol. The van der Waals surface area contributed by atoms with Crippen molar-refractivity contribution in [3.05, 3.63) is 52.6 Å². The van der Waals surface area contributed by atoms with Gasteiger partial charge in [0.2, 0.25) is 0 Å². The van der Waals surface area contributed by atoms with Gasteiger partial charge in [-0.05, 0) is 42.0 Å². The van der Waals surface area contributed by atoms with Gasteiger partial charge in [0, 0.05) is 18.1 Å². The lowest BCUT2D eigenvalue weighted by atomic mass is 10.1. The molecule has 1 amide bonds. The number of fused-ring (bicyclic) bond motifs is 1. The Bertz CT molecular complexity index is 1030. The number of rotatable bonds is 4. The fraction of sp³-hybridized carbons (Fsp3) is 0.273. The Morgan fingerprint density at radius 1 is 1.07 bits per heavy atom. The summed E-state index contributed by atoms with van der Waals surface area (Å²) in [7, 11) is 0. The van der Waals surface area contributed by atoms with Gasteiger partial charge in [-0.3, -0.25) is 4.79 Å². The van der Waals surface area contributed by atoms with Crippen molar-refractivity contribution in [3.8, 4) is 17.6 Å². The molecule has 0 saturated carbocycles. The Kier molecular flexibility index (Phi) is 6.07. The van der Waals surface area contributed by atoms with Crippen LogP contribution in [0.3, 0.4) is 0 Å². The summed E-state index contributed by atoms with van der Waals surface area (Å²) in [5, 5.41) is 12.9. The van der Waals surface area contributed by atoms with Crippen LogP contribution in [0.4, 0.5) is 11.4 Å². The number of carbonyl (C=O) groups is 1. The summed E-state index contributed by atoms with van der Waals surface area (Å²) in [5.74, 6) is 0.733. The molecular weight excluding hydrogens is 406 g/mol. The number of halogens is 1. The van der Waals surface area contributed by atoms with Crippen molar-refractivity contribution >= 4 is 35.0 Å². The van der Waals surface area contributed by atoms with Gasteiger partial charge in [0.05, 0.1) is 24.6 Å². The smallest absolute Gasteiger partial charge is 0.266 e. The Hall–Kier alpha value is -3.21. The normalized spacial score (nSPS) is 16.0. The molecule has 1 N–H and O–H groups in total. The maximum absolute atomic E-state index is 12.8. The number of ether oxygens (including phenoxy) is 3. The van der Waals surface area contributed by atoms with E-state index in [2.05, 4.69) is 10.2 Å². The van der Waals surface area contributed by atoms with Crippen molar-refractivity contribution in [1.29, 1.82) is 5.26 Å². The third-order valence-electron chi connectivity index (χ3n) is 4.80. The second kappa shape index (κ2) is 9.08. The number of amides is 1. The Morgan fingerprint density at radius 2 is 1.83 bits per heavy atom. The summed E-state index contributed by atoms with van der Waals surface area (Å²) in [4.78, 5) is 15.0. The summed E-state index contributed by atoms with van der Waals surface area (Å²) >= 11 is 6.15. The molecule has 1 saturated heterocycles. The number of nitrogens with zero attached hydrogens (tertiary/aromatic N) is 2. The van der Waals surface area contributed by atoms with Gasteiger partial charge in [-0.15, -0.1) is 0 Å². The largest absolute Gasteiger partial charge is 0.486 e. The highest BCUT2D eigenvalue weighted by Crippen LogP contribution is 2.32. The number of hydrogen-bond acceptors (Lipinski definition) is 6. The van der Waals surface area contributed by atoms with Crippen LogP contribution in [0.5, 0.6) is 11.5 Å². The summed E-state index contributed by atoms with van der Waals surface area (Å²) in [6.45, 7) is 3.61. The summed E-state index contributed by atoms with van der Waals surface area (Å²) in [6.07, 6.45) is 1.52. The molecule has 2 aliphatic heterocycles. The van der Waals surface area contributed by atoms with Crippen molar-refractivity contribution in [2.75, 3.05) is 49.7 Å². The fourth-order valence-electron chi connectivity index (χ4n) is 3.34. The van der Waals surface area contributed by atoms with E-state index in [1.165, 1.54) is 6.08 Å². The van der Waals surface area contributed by atoms with E-state index in [1.807, 2.05) is 12.1 Å². The first-order valence-corrected chi connectivity index (χ1v) is 9.97. The second-order valence-corrected chi connectivity index (χ2v) is 7.22. The summed E-state index contributed by atoms with van der Waals surface area (Å²) < 4.78 is 16.5. The maximum atomic E-state index is 12.8. The molecular formula is C22H20ClN3O4. The van der Waals surface area contributed by atoms with Crippen LogP contribution >= 0.6 is 11.6 Å². The molecule has 0 aliphatic carbocycles. The molecule has 0 spiro atoms. The second-order valence-electron chi connectivity index (χ2n) is 6.79.